The predicted molar refractivity (Wildman–Crippen MR) is 103 cm³/mol. The summed E-state index contributed by atoms with van der Waals surface area (Å²) in [4.78, 5) is 23.4. The summed E-state index contributed by atoms with van der Waals surface area (Å²) in [6, 6.07) is 0. The third-order valence-corrected chi connectivity index (χ3v) is 7.52. The van der Waals surface area contributed by atoms with E-state index in [-0.39, 0.29) is 11.6 Å². The minimum absolute atomic E-state index is 0.0798. The topological polar surface area (TPSA) is 45.7 Å². The predicted octanol–water partition coefficient (Wildman–Crippen LogP) is 3.29. The summed E-state index contributed by atoms with van der Waals surface area (Å²) in [6.45, 7) is 9.09. The van der Waals surface area contributed by atoms with Crippen LogP contribution in [0.2, 0.25) is 0 Å². The van der Waals surface area contributed by atoms with Crippen molar-refractivity contribution in [3.63, 3.8) is 0 Å². The molecule has 3 aliphatic rings. The number of aromatic nitrogens is 1. The van der Waals surface area contributed by atoms with Gasteiger partial charge in [-0.15, -0.1) is 11.3 Å². The van der Waals surface area contributed by atoms with Crippen molar-refractivity contribution in [3.05, 3.63) is 15.6 Å². The second-order valence-electron chi connectivity index (χ2n) is 8.23. The molecule has 4 heterocycles. The van der Waals surface area contributed by atoms with Gasteiger partial charge < -0.3 is 9.64 Å². The summed E-state index contributed by atoms with van der Waals surface area (Å²) in [6.07, 6.45) is 7.68. The zero-order valence-corrected chi connectivity index (χ0v) is 16.9. The van der Waals surface area contributed by atoms with Crippen molar-refractivity contribution in [2.45, 2.75) is 77.0 Å². The zero-order valence-electron chi connectivity index (χ0n) is 16.1. The zero-order chi connectivity index (χ0) is 18.1. The summed E-state index contributed by atoms with van der Waals surface area (Å²) in [5.41, 5.74) is 1.26. The lowest BCUT2D eigenvalue weighted by Crippen LogP contribution is -2.49. The van der Waals surface area contributed by atoms with Crippen LogP contribution >= 0.6 is 11.3 Å². The van der Waals surface area contributed by atoms with Crippen molar-refractivity contribution in [2.75, 3.05) is 26.2 Å². The van der Waals surface area contributed by atoms with Gasteiger partial charge in [0.2, 0.25) is 5.91 Å². The molecule has 3 aliphatic heterocycles. The molecule has 0 aromatic carbocycles. The minimum atomic E-state index is 0.0798. The van der Waals surface area contributed by atoms with Crippen LogP contribution in [0.3, 0.4) is 0 Å². The Labute approximate surface area is 160 Å². The molecule has 1 amide bonds. The van der Waals surface area contributed by atoms with Crippen molar-refractivity contribution in [2.24, 2.45) is 0 Å². The Kier molecular flexibility index (Phi) is 5.35. The van der Waals surface area contributed by atoms with Crippen molar-refractivity contribution in [1.29, 1.82) is 0 Å². The van der Waals surface area contributed by atoms with Crippen LogP contribution in [0.4, 0.5) is 0 Å². The van der Waals surface area contributed by atoms with Crippen LogP contribution in [-0.4, -0.2) is 58.6 Å². The molecule has 1 aromatic heterocycles. The van der Waals surface area contributed by atoms with E-state index in [0.29, 0.717) is 5.91 Å². The summed E-state index contributed by atoms with van der Waals surface area (Å²) < 4.78 is 5.83. The van der Waals surface area contributed by atoms with E-state index in [1.54, 1.807) is 0 Å². The van der Waals surface area contributed by atoms with Crippen LogP contribution in [0.15, 0.2) is 0 Å². The Hall–Kier alpha value is -0.980. The van der Waals surface area contributed by atoms with Crippen LogP contribution in [-0.2, 0) is 16.1 Å². The highest BCUT2D eigenvalue weighted by Crippen LogP contribution is 2.40. The monoisotopic (exact) mass is 377 g/mol. The van der Waals surface area contributed by atoms with Gasteiger partial charge in [0.1, 0.15) is 0 Å². The van der Waals surface area contributed by atoms with Crippen molar-refractivity contribution in [1.82, 2.24) is 14.8 Å². The van der Waals surface area contributed by atoms with Crippen LogP contribution in [0.5, 0.6) is 0 Å². The molecule has 6 heteroatoms. The summed E-state index contributed by atoms with van der Waals surface area (Å²) in [5, 5.41) is 1.16. The van der Waals surface area contributed by atoms with Gasteiger partial charge in [0.05, 0.1) is 16.8 Å². The highest BCUT2D eigenvalue weighted by molar-refractivity contribution is 7.11. The molecule has 3 saturated heterocycles. The fourth-order valence-electron chi connectivity index (χ4n) is 5.00. The number of nitrogens with zero attached hydrogens (tertiary/aromatic N) is 3. The lowest BCUT2D eigenvalue weighted by Gasteiger charge is -2.39. The molecule has 144 valence electrons. The van der Waals surface area contributed by atoms with Gasteiger partial charge in [0.15, 0.2) is 0 Å². The first kappa shape index (κ1) is 18.4. The maximum Gasteiger partial charge on any atom is 0.223 e. The molecule has 0 aliphatic carbocycles. The first-order valence-electron chi connectivity index (χ1n) is 10.1. The van der Waals surface area contributed by atoms with E-state index < -0.39 is 0 Å². The van der Waals surface area contributed by atoms with Gasteiger partial charge in [0, 0.05) is 43.1 Å². The van der Waals surface area contributed by atoms with E-state index in [4.69, 9.17) is 4.74 Å². The van der Waals surface area contributed by atoms with E-state index in [9.17, 15) is 4.79 Å². The van der Waals surface area contributed by atoms with Gasteiger partial charge in [-0.2, -0.15) is 0 Å². The molecular weight excluding hydrogens is 346 g/mol. The van der Waals surface area contributed by atoms with E-state index in [1.807, 2.05) is 11.3 Å². The molecule has 0 saturated carbocycles. The van der Waals surface area contributed by atoms with E-state index in [2.05, 4.69) is 28.6 Å². The number of ether oxygens (including phenoxy) is 1. The Morgan fingerprint density at radius 2 is 2.12 bits per heavy atom. The van der Waals surface area contributed by atoms with Crippen LogP contribution < -0.4 is 0 Å². The van der Waals surface area contributed by atoms with Gasteiger partial charge in [-0.25, -0.2) is 4.98 Å². The van der Waals surface area contributed by atoms with Crippen LogP contribution in [0.1, 0.15) is 60.5 Å². The van der Waals surface area contributed by atoms with Gasteiger partial charge in [0.25, 0.3) is 0 Å². The number of rotatable bonds is 4. The summed E-state index contributed by atoms with van der Waals surface area (Å²) in [7, 11) is 0. The number of likely N-dealkylation sites (tertiary alicyclic amines) is 2. The third-order valence-electron chi connectivity index (χ3n) is 6.46. The first-order valence-corrected chi connectivity index (χ1v) is 10.9. The smallest absolute Gasteiger partial charge is 0.223 e. The average molecular weight is 378 g/mol. The van der Waals surface area contributed by atoms with Crippen molar-refractivity contribution < 1.29 is 9.53 Å². The number of hydrogen-bond donors (Lipinski definition) is 0. The molecule has 5 nitrogen and oxygen atoms in total. The average Bonchev–Trinajstić information content (AvgIpc) is 3.26. The normalized spacial score (nSPS) is 30.5. The number of carbonyl (C=O) groups is 1. The number of carbonyl (C=O) groups excluding carboxylic acids is 1. The molecular formula is C20H31N3O2S. The molecule has 4 rings (SSSR count). The molecule has 0 bridgehead atoms. The van der Waals surface area contributed by atoms with Gasteiger partial charge in [-0.05, 0) is 58.9 Å². The maximum absolute atomic E-state index is 12.6. The third kappa shape index (κ3) is 3.69. The quantitative estimate of drug-likeness (QED) is 0.808. The SMILES string of the molecule is Cc1nc(C)c(CN2CCC[C@]3(CCC(=O)N3C[C@H]3CCCO3)CC2)s1. The fourth-order valence-corrected chi connectivity index (χ4v) is 5.98. The number of aryl methyl sites for hydroxylation is 2. The van der Waals surface area contributed by atoms with E-state index in [1.165, 1.54) is 17.0 Å². The standard InChI is InChI=1S/C20H31N3O2S/c1-15-18(26-16(2)21-15)14-22-10-4-7-20(9-11-22)8-6-19(24)23(20)13-17-5-3-12-25-17/h17H,3-14H2,1-2H3/t17-,20+/m1/s1. The molecule has 1 aromatic rings. The highest BCUT2D eigenvalue weighted by Gasteiger charge is 2.46. The second kappa shape index (κ2) is 7.56. The van der Waals surface area contributed by atoms with Crippen LogP contribution in [0, 0.1) is 13.8 Å². The van der Waals surface area contributed by atoms with Gasteiger partial charge >= 0.3 is 0 Å². The highest BCUT2D eigenvalue weighted by atomic mass is 32.1. The van der Waals surface area contributed by atoms with Gasteiger partial charge in [-0.3, -0.25) is 9.69 Å². The molecule has 26 heavy (non-hydrogen) atoms. The lowest BCUT2D eigenvalue weighted by atomic mass is 9.87. The molecule has 0 radical (unpaired) electrons. The summed E-state index contributed by atoms with van der Waals surface area (Å²) in [5.74, 6) is 0.350. The number of amides is 1. The molecule has 1 spiro atoms. The van der Waals surface area contributed by atoms with E-state index in [0.717, 1.165) is 76.3 Å². The fraction of sp³-hybridized carbons (Fsp3) is 0.800. The first-order chi connectivity index (χ1) is 12.6. The van der Waals surface area contributed by atoms with E-state index >= 15 is 0 Å². The minimum Gasteiger partial charge on any atom is -0.376 e. The van der Waals surface area contributed by atoms with Gasteiger partial charge in [-0.1, -0.05) is 0 Å². The Morgan fingerprint density at radius 1 is 1.23 bits per heavy atom. The molecule has 0 N–H and O–H groups in total. The lowest BCUT2D eigenvalue weighted by molar-refractivity contribution is -0.133. The van der Waals surface area contributed by atoms with Crippen LogP contribution in [0.25, 0.3) is 0 Å². The molecule has 3 fully saturated rings. The van der Waals surface area contributed by atoms with Crippen molar-refractivity contribution in [3.8, 4) is 0 Å². The number of hydrogen-bond acceptors (Lipinski definition) is 5. The second-order valence-corrected chi connectivity index (χ2v) is 9.52. The summed E-state index contributed by atoms with van der Waals surface area (Å²) >= 11 is 1.83. The Morgan fingerprint density at radius 3 is 2.85 bits per heavy atom. The molecule has 2 atom stereocenters. The maximum atomic E-state index is 12.6. The number of thiazole rings is 1. The molecule has 0 unspecified atom stereocenters. The Balaban J connectivity index is 1.42. The Bertz CT molecular complexity index is 655. The largest absolute Gasteiger partial charge is 0.376 e. The van der Waals surface area contributed by atoms with Crippen molar-refractivity contribution >= 4 is 17.2 Å².